The van der Waals surface area contributed by atoms with Crippen molar-refractivity contribution in [3.8, 4) is 0 Å². The van der Waals surface area contributed by atoms with Crippen LogP contribution >= 0.6 is 0 Å². The smallest absolute Gasteiger partial charge is 0.223 e. The van der Waals surface area contributed by atoms with E-state index in [1.54, 1.807) is 0 Å². The highest BCUT2D eigenvalue weighted by atomic mass is 16.2. The van der Waals surface area contributed by atoms with Crippen LogP contribution < -0.4 is 5.73 Å². The van der Waals surface area contributed by atoms with Crippen molar-refractivity contribution in [2.45, 2.75) is 51.9 Å². The molecule has 1 unspecified atom stereocenters. The lowest BCUT2D eigenvalue weighted by Crippen LogP contribution is -2.33. The number of carbonyl (C=O) groups is 1. The highest BCUT2D eigenvalue weighted by molar-refractivity contribution is 5.77. The molecule has 0 radical (unpaired) electrons. The average Bonchev–Trinajstić information content (AvgIpc) is 2.81. The molecule has 0 spiro atoms. The zero-order chi connectivity index (χ0) is 14.5. The maximum Gasteiger partial charge on any atom is 0.223 e. The van der Waals surface area contributed by atoms with Crippen LogP contribution in [0.5, 0.6) is 0 Å². The van der Waals surface area contributed by atoms with Crippen LogP contribution in [0.15, 0.2) is 18.2 Å². The molecule has 0 bridgehead atoms. The molecule has 0 aromatic heterocycles. The van der Waals surface area contributed by atoms with Gasteiger partial charge in [0.2, 0.25) is 5.91 Å². The summed E-state index contributed by atoms with van der Waals surface area (Å²) in [7, 11) is 0. The van der Waals surface area contributed by atoms with Crippen LogP contribution in [0.4, 0.5) is 5.69 Å². The molecule has 0 saturated heterocycles. The highest BCUT2D eigenvalue weighted by Crippen LogP contribution is 2.36. The van der Waals surface area contributed by atoms with Crippen LogP contribution in [0.2, 0.25) is 0 Å². The summed E-state index contributed by atoms with van der Waals surface area (Å²) in [6.07, 6.45) is 4.85. The summed E-state index contributed by atoms with van der Waals surface area (Å²) in [5.41, 5.74) is 9.36. The van der Waals surface area contributed by atoms with E-state index < -0.39 is 0 Å². The van der Waals surface area contributed by atoms with Crippen LogP contribution in [0.25, 0.3) is 0 Å². The van der Waals surface area contributed by atoms with Crippen molar-refractivity contribution in [3.05, 3.63) is 29.3 Å². The standard InChI is InChI=1S/C17H26N2O/c1-3-9-19(10-4-2)17(20)11-14-6-5-13-7-8-15(18)12-16(13)14/h7-8,12,14H,3-6,9-11,18H2,1-2H3. The number of rotatable bonds is 6. The summed E-state index contributed by atoms with van der Waals surface area (Å²) in [5.74, 6) is 0.659. The SMILES string of the molecule is CCCN(CCC)C(=O)CC1CCc2ccc(N)cc21. The molecule has 0 heterocycles. The summed E-state index contributed by atoms with van der Waals surface area (Å²) in [4.78, 5) is 14.5. The molecule has 1 atom stereocenters. The number of anilines is 1. The van der Waals surface area contributed by atoms with E-state index in [2.05, 4.69) is 26.0 Å². The lowest BCUT2D eigenvalue weighted by Gasteiger charge is -2.23. The fraction of sp³-hybridized carbons (Fsp3) is 0.588. The third-order valence-electron chi connectivity index (χ3n) is 4.13. The number of benzene rings is 1. The zero-order valence-corrected chi connectivity index (χ0v) is 12.7. The Balaban J connectivity index is 2.04. The first-order valence-electron chi connectivity index (χ1n) is 7.81. The lowest BCUT2D eigenvalue weighted by molar-refractivity contribution is -0.131. The first-order valence-corrected chi connectivity index (χ1v) is 7.81. The molecular formula is C17H26N2O. The van der Waals surface area contributed by atoms with Crippen molar-refractivity contribution in [2.75, 3.05) is 18.8 Å². The zero-order valence-electron chi connectivity index (χ0n) is 12.7. The summed E-state index contributed by atoms with van der Waals surface area (Å²) < 4.78 is 0. The Morgan fingerprint density at radius 2 is 2.00 bits per heavy atom. The maximum atomic E-state index is 12.5. The second-order valence-corrected chi connectivity index (χ2v) is 5.78. The van der Waals surface area contributed by atoms with Crippen molar-refractivity contribution < 1.29 is 4.79 Å². The normalized spacial score (nSPS) is 17.0. The number of amides is 1. The number of carbonyl (C=O) groups excluding carboxylic acids is 1. The molecule has 1 amide bonds. The van der Waals surface area contributed by atoms with Gasteiger partial charge in [0.05, 0.1) is 0 Å². The number of nitrogens with zero attached hydrogens (tertiary/aromatic N) is 1. The van der Waals surface area contributed by atoms with E-state index >= 15 is 0 Å². The average molecular weight is 274 g/mol. The molecule has 0 fully saturated rings. The summed E-state index contributed by atoms with van der Waals surface area (Å²) >= 11 is 0. The third-order valence-corrected chi connectivity index (χ3v) is 4.13. The van der Waals surface area contributed by atoms with Crippen LogP contribution in [-0.2, 0) is 11.2 Å². The second-order valence-electron chi connectivity index (χ2n) is 5.78. The van der Waals surface area contributed by atoms with Gasteiger partial charge in [-0.25, -0.2) is 0 Å². The molecule has 1 aromatic rings. The van der Waals surface area contributed by atoms with Gasteiger partial charge in [0, 0.05) is 25.2 Å². The van der Waals surface area contributed by atoms with E-state index in [0.717, 1.165) is 44.5 Å². The van der Waals surface area contributed by atoms with E-state index in [-0.39, 0.29) is 0 Å². The van der Waals surface area contributed by atoms with E-state index in [9.17, 15) is 4.79 Å². The van der Waals surface area contributed by atoms with Gasteiger partial charge >= 0.3 is 0 Å². The molecule has 0 aliphatic heterocycles. The van der Waals surface area contributed by atoms with Gasteiger partial charge in [0.1, 0.15) is 0 Å². The Bertz CT molecular complexity index is 464. The van der Waals surface area contributed by atoms with Crippen molar-refractivity contribution in [3.63, 3.8) is 0 Å². The van der Waals surface area contributed by atoms with Crippen LogP contribution in [0, 0.1) is 0 Å². The first kappa shape index (κ1) is 14.9. The maximum absolute atomic E-state index is 12.5. The molecule has 2 rings (SSSR count). The highest BCUT2D eigenvalue weighted by Gasteiger charge is 2.26. The first-order chi connectivity index (χ1) is 9.65. The van der Waals surface area contributed by atoms with Crippen molar-refractivity contribution in [1.82, 2.24) is 4.90 Å². The van der Waals surface area contributed by atoms with Gasteiger partial charge in [-0.15, -0.1) is 0 Å². The molecule has 1 aliphatic rings. The molecule has 3 heteroatoms. The Labute approximate surface area is 122 Å². The van der Waals surface area contributed by atoms with E-state index in [1.165, 1.54) is 11.1 Å². The summed E-state index contributed by atoms with van der Waals surface area (Å²) in [6, 6.07) is 6.14. The Morgan fingerprint density at radius 1 is 1.30 bits per heavy atom. The Morgan fingerprint density at radius 3 is 2.65 bits per heavy atom. The number of nitrogen functional groups attached to an aromatic ring is 1. The number of aryl methyl sites for hydroxylation is 1. The van der Waals surface area contributed by atoms with Crippen LogP contribution in [-0.4, -0.2) is 23.9 Å². The van der Waals surface area contributed by atoms with Gasteiger partial charge in [-0.3, -0.25) is 4.79 Å². The van der Waals surface area contributed by atoms with Crippen LogP contribution in [0.3, 0.4) is 0 Å². The minimum Gasteiger partial charge on any atom is -0.399 e. The molecule has 0 saturated carbocycles. The fourth-order valence-electron chi connectivity index (χ4n) is 3.16. The molecule has 20 heavy (non-hydrogen) atoms. The number of fused-ring (bicyclic) bond motifs is 1. The molecule has 3 nitrogen and oxygen atoms in total. The monoisotopic (exact) mass is 274 g/mol. The minimum atomic E-state index is 0.300. The molecule has 110 valence electrons. The Kier molecular flexibility index (Phi) is 5.05. The largest absolute Gasteiger partial charge is 0.399 e. The predicted molar refractivity (Wildman–Crippen MR) is 83.7 cm³/mol. The molecule has 1 aromatic carbocycles. The topological polar surface area (TPSA) is 46.3 Å². The molecule has 1 aliphatic carbocycles. The van der Waals surface area contributed by atoms with Gasteiger partial charge in [-0.05, 0) is 54.9 Å². The quantitative estimate of drug-likeness (QED) is 0.809. The predicted octanol–water partition coefficient (Wildman–Crippen LogP) is 3.34. The van der Waals surface area contributed by atoms with Gasteiger partial charge in [-0.2, -0.15) is 0 Å². The fourth-order valence-corrected chi connectivity index (χ4v) is 3.16. The second kappa shape index (κ2) is 6.78. The number of hydrogen-bond donors (Lipinski definition) is 1. The minimum absolute atomic E-state index is 0.300. The number of nitrogens with two attached hydrogens (primary N) is 1. The number of hydrogen-bond acceptors (Lipinski definition) is 2. The summed E-state index contributed by atoms with van der Waals surface area (Å²) in [5, 5.41) is 0. The van der Waals surface area contributed by atoms with Crippen molar-refractivity contribution in [2.24, 2.45) is 0 Å². The van der Waals surface area contributed by atoms with E-state index in [1.807, 2.05) is 11.0 Å². The van der Waals surface area contributed by atoms with Crippen LogP contribution in [0.1, 0.15) is 56.6 Å². The van der Waals surface area contributed by atoms with Gasteiger partial charge in [0.15, 0.2) is 0 Å². The van der Waals surface area contributed by atoms with E-state index in [0.29, 0.717) is 18.2 Å². The molecule has 2 N–H and O–H groups in total. The molecular weight excluding hydrogens is 248 g/mol. The Hall–Kier alpha value is -1.51. The summed E-state index contributed by atoms with van der Waals surface area (Å²) in [6.45, 7) is 6.01. The van der Waals surface area contributed by atoms with Gasteiger partial charge < -0.3 is 10.6 Å². The third kappa shape index (κ3) is 3.33. The van der Waals surface area contributed by atoms with Crippen molar-refractivity contribution in [1.29, 1.82) is 0 Å². The van der Waals surface area contributed by atoms with Crippen molar-refractivity contribution >= 4 is 11.6 Å². The van der Waals surface area contributed by atoms with Gasteiger partial charge in [-0.1, -0.05) is 19.9 Å². The van der Waals surface area contributed by atoms with E-state index in [4.69, 9.17) is 5.73 Å². The van der Waals surface area contributed by atoms with Gasteiger partial charge in [0.25, 0.3) is 0 Å². The lowest BCUT2D eigenvalue weighted by atomic mass is 9.96.